The van der Waals surface area contributed by atoms with Crippen LogP contribution in [0.25, 0.3) is 0 Å². The van der Waals surface area contributed by atoms with E-state index in [4.69, 9.17) is 9.47 Å². The Balaban J connectivity index is 2.09. The Bertz CT molecular complexity index is 1500. The highest BCUT2D eigenvalue weighted by molar-refractivity contribution is 5.76. The molecule has 7 unspecified atom stereocenters. The van der Waals surface area contributed by atoms with Gasteiger partial charge in [0, 0.05) is 6.42 Å². The van der Waals surface area contributed by atoms with E-state index in [1.807, 2.05) is 6.08 Å². The number of ether oxygens (including phenoxy) is 2. The van der Waals surface area contributed by atoms with Gasteiger partial charge in [0.05, 0.1) is 25.4 Å². The maximum Gasteiger partial charge on any atom is 0.220 e. The zero-order chi connectivity index (χ0) is 62.1. The first kappa shape index (κ1) is 82.2. The number of hydrogen-bond acceptors (Lipinski definition) is 8. The van der Waals surface area contributed by atoms with Gasteiger partial charge in [-0.2, -0.15) is 0 Å². The van der Waals surface area contributed by atoms with Crippen molar-refractivity contribution in [2.75, 3.05) is 13.2 Å². The molecule has 1 heterocycles. The standard InChI is InChI=1S/C77H145NO8/c1-3-5-7-9-11-13-15-17-19-21-23-25-27-29-31-32-33-34-35-36-37-38-39-40-41-43-45-47-49-51-53-55-57-59-61-63-65-67-73(81)78-70(69-85-77-76(84)75(83)74(82)72(68-79)86-77)71(80)66-64-62-60-58-56-54-52-50-48-46-44-42-30-28-26-24-22-20-18-16-14-12-10-8-6-4-2/h21,23,48,50,56,58,64,66,70-72,74-77,79-80,82-84H,3-20,22,24-47,49,51-55,57,59-63,65,67-69H2,1-2H3,(H,78,81)/b23-21-,50-48+,58-56+,66-64+. The Morgan fingerprint density at radius 2 is 0.663 bits per heavy atom. The fraction of sp³-hybridized carbons (Fsp3) is 0.883. The van der Waals surface area contributed by atoms with Gasteiger partial charge < -0.3 is 40.3 Å². The average molecular weight is 1210 g/mol. The molecule has 0 aliphatic carbocycles. The average Bonchev–Trinajstić information content (AvgIpc) is 2.44. The second-order valence-electron chi connectivity index (χ2n) is 26.4. The lowest BCUT2D eigenvalue weighted by atomic mass is 9.99. The lowest BCUT2D eigenvalue weighted by Crippen LogP contribution is -2.60. The van der Waals surface area contributed by atoms with Crippen LogP contribution in [0.2, 0.25) is 0 Å². The van der Waals surface area contributed by atoms with Crippen molar-refractivity contribution >= 4 is 5.91 Å². The summed E-state index contributed by atoms with van der Waals surface area (Å²) in [6.07, 6.45) is 84.0. The number of hydrogen-bond donors (Lipinski definition) is 6. The zero-order valence-corrected chi connectivity index (χ0v) is 56.8. The number of aliphatic hydroxyl groups excluding tert-OH is 5. The predicted molar refractivity (Wildman–Crippen MR) is 369 cm³/mol. The van der Waals surface area contributed by atoms with E-state index in [0.29, 0.717) is 6.42 Å². The molecule has 7 atom stereocenters. The summed E-state index contributed by atoms with van der Waals surface area (Å²) in [5.74, 6) is -0.183. The van der Waals surface area contributed by atoms with Crippen molar-refractivity contribution < 1.29 is 39.8 Å². The molecule has 0 spiro atoms. The highest BCUT2D eigenvalue weighted by Gasteiger charge is 2.44. The van der Waals surface area contributed by atoms with Crippen LogP contribution in [-0.4, -0.2) is 87.5 Å². The lowest BCUT2D eigenvalue weighted by molar-refractivity contribution is -0.302. The topological polar surface area (TPSA) is 149 Å². The second kappa shape index (κ2) is 66.1. The number of allylic oxidation sites excluding steroid dienone is 7. The first-order valence-corrected chi connectivity index (χ1v) is 37.9. The first-order chi connectivity index (χ1) is 42.3. The molecule has 9 nitrogen and oxygen atoms in total. The SMILES string of the molecule is CCCCCCCCCC/C=C\CCCCCCCCCCCCCCCCCCCCCCCCCCCC(=O)NC(COC1OC(CO)C(O)C(O)C1O)C(O)/C=C/CC/C=C/CC/C=C/CCCCCCCCCCCCCCCCCC. The van der Waals surface area contributed by atoms with E-state index in [2.05, 4.69) is 55.6 Å². The third-order valence-corrected chi connectivity index (χ3v) is 18.1. The lowest BCUT2D eigenvalue weighted by Gasteiger charge is -2.40. The van der Waals surface area contributed by atoms with Gasteiger partial charge in [-0.05, 0) is 70.6 Å². The molecule has 506 valence electrons. The minimum atomic E-state index is -1.58. The smallest absolute Gasteiger partial charge is 0.220 e. The van der Waals surface area contributed by atoms with Crippen LogP contribution in [0.4, 0.5) is 0 Å². The number of aliphatic hydroxyl groups is 5. The molecule has 1 amide bonds. The molecule has 1 saturated heterocycles. The molecule has 86 heavy (non-hydrogen) atoms. The maximum absolute atomic E-state index is 13.1. The second-order valence-corrected chi connectivity index (χ2v) is 26.4. The summed E-state index contributed by atoms with van der Waals surface area (Å²) < 4.78 is 11.3. The van der Waals surface area contributed by atoms with Gasteiger partial charge in [-0.1, -0.05) is 351 Å². The molecule has 1 rings (SSSR count). The molecule has 1 fully saturated rings. The minimum Gasteiger partial charge on any atom is -0.394 e. The molecular formula is C77H145NO8. The maximum atomic E-state index is 13.1. The van der Waals surface area contributed by atoms with Gasteiger partial charge >= 0.3 is 0 Å². The van der Waals surface area contributed by atoms with E-state index in [-0.39, 0.29) is 12.5 Å². The van der Waals surface area contributed by atoms with E-state index in [0.717, 1.165) is 44.9 Å². The fourth-order valence-corrected chi connectivity index (χ4v) is 12.2. The van der Waals surface area contributed by atoms with Gasteiger partial charge in [0.15, 0.2) is 6.29 Å². The van der Waals surface area contributed by atoms with Crippen LogP contribution < -0.4 is 5.32 Å². The normalized spacial score (nSPS) is 18.2. The van der Waals surface area contributed by atoms with Gasteiger partial charge in [-0.3, -0.25) is 4.79 Å². The Kier molecular flexibility index (Phi) is 63.1. The van der Waals surface area contributed by atoms with Gasteiger partial charge in [-0.15, -0.1) is 0 Å². The van der Waals surface area contributed by atoms with E-state index < -0.39 is 49.5 Å². The van der Waals surface area contributed by atoms with Crippen molar-refractivity contribution in [3.63, 3.8) is 0 Å². The number of amides is 1. The number of carbonyl (C=O) groups excluding carboxylic acids is 1. The summed E-state index contributed by atoms with van der Waals surface area (Å²) in [5.41, 5.74) is 0. The van der Waals surface area contributed by atoms with Crippen molar-refractivity contribution in [2.45, 2.75) is 423 Å². The Morgan fingerprint density at radius 3 is 0.977 bits per heavy atom. The van der Waals surface area contributed by atoms with Crippen molar-refractivity contribution in [2.24, 2.45) is 0 Å². The van der Waals surface area contributed by atoms with E-state index in [1.54, 1.807) is 6.08 Å². The van der Waals surface area contributed by atoms with Crippen molar-refractivity contribution in [3.05, 3.63) is 48.6 Å². The third kappa shape index (κ3) is 53.9. The number of nitrogens with one attached hydrogen (secondary N) is 1. The van der Waals surface area contributed by atoms with Crippen molar-refractivity contribution in [3.8, 4) is 0 Å². The molecule has 6 N–H and O–H groups in total. The van der Waals surface area contributed by atoms with Crippen LogP contribution >= 0.6 is 0 Å². The Morgan fingerprint density at radius 1 is 0.384 bits per heavy atom. The molecule has 9 heteroatoms. The van der Waals surface area contributed by atoms with Crippen LogP contribution in [0.3, 0.4) is 0 Å². The van der Waals surface area contributed by atoms with E-state index in [1.165, 1.54) is 315 Å². The van der Waals surface area contributed by atoms with Crippen LogP contribution in [-0.2, 0) is 14.3 Å². The van der Waals surface area contributed by atoms with Gasteiger partial charge in [0.2, 0.25) is 5.91 Å². The van der Waals surface area contributed by atoms with Gasteiger partial charge in [0.25, 0.3) is 0 Å². The first-order valence-electron chi connectivity index (χ1n) is 37.9. The number of carbonyl (C=O) groups is 1. The molecule has 0 radical (unpaired) electrons. The summed E-state index contributed by atoms with van der Waals surface area (Å²) in [5, 5.41) is 54.8. The van der Waals surface area contributed by atoms with Crippen LogP contribution in [0.15, 0.2) is 48.6 Å². The molecule has 0 bridgehead atoms. The summed E-state index contributed by atoms with van der Waals surface area (Å²) in [7, 11) is 0. The summed E-state index contributed by atoms with van der Waals surface area (Å²) in [6, 6.07) is -0.829. The van der Waals surface area contributed by atoms with Crippen molar-refractivity contribution in [1.82, 2.24) is 5.32 Å². The minimum absolute atomic E-state index is 0.183. The quantitative estimate of drug-likeness (QED) is 0.0261. The summed E-state index contributed by atoms with van der Waals surface area (Å²) in [6.45, 7) is 3.81. The van der Waals surface area contributed by atoms with Gasteiger partial charge in [-0.25, -0.2) is 0 Å². The molecule has 1 aliphatic heterocycles. The van der Waals surface area contributed by atoms with E-state index >= 15 is 0 Å². The summed E-state index contributed by atoms with van der Waals surface area (Å²) in [4.78, 5) is 13.1. The Hall–Kier alpha value is -1.85. The Labute approximate surface area is 533 Å². The van der Waals surface area contributed by atoms with Crippen LogP contribution in [0.1, 0.15) is 380 Å². The number of unbranched alkanes of at least 4 members (excludes halogenated alkanes) is 51. The molecule has 0 saturated carbocycles. The largest absolute Gasteiger partial charge is 0.394 e. The molecule has 0 aromatic rings. The van der Waals surface area contributed by atoms with Crippen molar-refractivity contribution in [1.29, 1.82) is 0 Å². The molecule has 0 aromatic heterocycles. The molecular weight excluding hydrogens is 1070 g/mol. The highest BCUT2D eigenvalue weighted by Crippen LogP contribution is 2.24. The van der Waals surface area contributed by atoms with Crippen LogP contribution in [0, 0.1) is 0 Å². The van der Waals surface area contributed by atoms with Crippen LogP contribution in [0.5, 0.6) is 0 Å². The van der Waals surface area contributed by atoms with E-state index in [9.17, 15) is 30.3 Å². The zero-order valence-electron chi connectivity index (χ0n) is 56.8. The molecule has 0 aromatic carbocycles. The molecule has 1 aliphatic rings. The number of rotatable bonds is 67. The highest BCUT2D eigenvalue weighted by atomic mass is 16.7. The fourth-order valence-electron chi connectivity index (χ4n) is 12.2. The third-order valence-electron chi connectivity index (χ3n) is 18.1. The summed E-state index contributed by atoms with van der Waals surface area (Å²) >= 11 is 0. The monoisotopic (exact) mass is 1210 g/mol. The predicted octanol–water partition coefficient (Wildman–Crippen LogP) is 21.1. The van der Waals surface area contributed by atoms with Gasteiger partial charge in [0.1, 0.15) is 24.4 Å².